The molecule has 0 nitrogen and oxygen atoms in total. The predicted molar refractivity (Wildman–Crippen MR) is 127 cm³/mol. The van der Waals surface area contributed by atoms with Crippen molar-refractivity contribution in [3.05, 3.63) is 0 Å². The van der Waals surface area contributed by atoms with Crippen molar-refractivity contribution in [3.63, 3.8) is 0 Å². The highest BCUT2D eigenvalue weighted by atomic mass is 14.3. The van der Waals surface area contributed by atoms with Crippen molar-refractivity contribution in [1.29, 1.82) is 0 Å². The van der Waals surface area contributed by atoms with Crippen LogP contribution in [0.15, 0.2) is 0 Å². The Morgan fingerprint density at radius 2 is 0.667 bits per heavy atom. The number of hydrogen-bond donors (Lipinski definition) is 0. The van der Waals surface area contributed by atoms with Crippen LogP contribution in [0.1, 0.15) is 169 Å². The van der Waals surface area contributed by atoms with E-state index in [1.165, 1.54) is 141 Å². The van der Waals surface area contributed by atoms with Gasteiger partial charge in [-0.1, -0.05) is 156 Å². The minimum Gasteiger partial charge on any atom is -0.0654 e. The van der Waals surface area contributed by atoms with Crippen LogP contribution in [0.3, 0.4) is 0 Å². The Labute approximate surface area is 174 Å². The van der Waals surface area contributed by atoms with Crippen LogP contribution >= 0.6 is 0 Å². The third-order valence-electron chi connectivity index (χ3n) is 6.87. The quantitative estimate of drug-likeness (QED) is 0.164. The van der Waals surface area contributed by atoms with E-state index in [0.717, 1.165) is 0 Å². The van der Waals surface area contributed by atoms with Gasteiger partial charge in [0.25, 0.3) is 0 Å². The Morgan fingerprint density at radius 1 is 0.370 bits per heavy atom. The summed E-state index contributed by atoms with van der Waals surface area (Å²) >= 11 is 0. The molecule has 0 radical (unpaired) electrons. The second kappa shape index (κ2) is 20.7. The smallest absolute Gasteiger partial charge is 0.0328 e. The Hall–Kier alpha value is 0. The molecule has 0 heterocycles. The minimum atomic E-state index is 0.630. The first-order chi connectivity index (χ1) is 13.2. The second-order valence-corrected chi connectivity index (χ2v) is 9.67. The Balaban J connectivity index is 3.22. The van der Waals surface area contributed by atoms with E-state index in [4.69, 9.17) is 0 Å². The van der Waals surface area contributed by atoms with Crippen molar-refractivity contribution in [2.75, 3.05) is 0 Å². The fraction of sp³-hybridized carbons (Fsp3) is 1.00. The van der Waals surface area contributed by atoms with Crippen molar-refractivity contribution >= 4 is 0 Å². The largest absolute Gasteiger partial charge is 0.0654 e. The van der Waals surface area contributed by atoms with Crippen molar-refractivity contribution in [1.82, 2.24) is 0 Å². The fourth-order valence-electron chi connectivity index (χ4n) is 4.36. The molecule has 0 aromatic carbocycles. The minimum absolute atomic E-state index is 0.630. The van der Waals surface area contributed by atoms with Gasteiger partial charge < -0.3 is 0 Å². The summed E-state index contributed by atoms with van der Waals surface area (Å²) in [5, 5.41) is 0. The number of unbranched alkanes of at least 4 members (excludes halogenated alkanes) is 17. The van der Waals surface area contributed by atoms with Crippen LogP contribution in [0.25, 0.3) is 0 Å². The zero-order valence-electron chi connectivity index (χ0n) is 20.1. The van der Waals surface area contributed by atoms with E-state index < -0.39 is 0 Å². The molecule has 0 spiro atoms. The lowest BCUT2D eigenvalue weighted by Crippen LogP contribution is -2.14. The van der Waals surface area contributed by atoms with Gasteiger partial charge in [-0.2, -0.15) is 0 Å². The lowest BCUT2D eigenvalue weighted by molar-refractivity contribution is 0.243. The summed E-state index contributed by atoms with van der Waals surface area (Å²) in [6.45, 7) is 9.54. The van der Waals surface area contributed by atoms with Crippen LogP contribution in [0.2, 0.25) is 0 Å². The highest BCUT2D eigenvalue weighted by molar-refractivity contribution is 4.72. The van der Waals surface area contributed by atoms with E-state index in [2.05, 4.69) is 27.7 Å². The first kappa shape index (κ1) is 27.0. The lowest BCUT2D eigenvalue weighted by Gasteiger charge is -2.28. The summed E-state index contributed by atoms with van der Waals surface area (Å²) in [5.41, 5.74) is 0.630. The van der Waals surface area contributed by atoms with Gasteiger partial charge in [-0.05, 0) is 18.3 Å². The maximum atomic E-state index is 2.52. The zero-order chi connectivity index (χ0) is 20.1. The predicted octanol–water partition coefficient (Wildman–Crippen LogP) is 10.6. The van der Waals surface area contributed by atoms with Gasteiger partial charge in [0.05, 0.1) is 0 Å². The summed E-state index contributed by atoms with van der Waals surface area (Å²) in [7, 11) is 0. The van der Waals surface area contributed by atoms with E-state index in [0.29, 0.717) is 5.41 Å². The van der Waals surface area contributed by atoms with Gasteiger partial charge in [-0.3, -0.25) is 0 Å². The highest BCUT2D eigenvalue weighted by Gasteiger charge is 2.20. The molecule has 0 aromatic rings. The molecule has 164 valence electrons. The molecule has 27 heavy (non-hydrogen) atoms. The normalized spacial score (nSPS) is 13.8. The fourth-order valence-corrected chi connectivity index (χ4v) is 4.36. The maximum Gasteiger partial charge on any atom is -0.0328 e. The van der Waals surface area contributed by atoms with E-state index in [1.54, 1.807) is 0 Å². The molecule has 0 heteroatoms. The molecular weight excluding hydrogens is 324 g/mol. The lowest BCUT2D eigenvalue weighted by atomic mass is 9.78. The summed E-state index contributed by atoms with van der Waals surface area (Å²) in [4.78, 5) is 0. The van der Waals surface area contributed by atoms with Crippen molar-refractivity contribution in [3.8, 4) is 0 Å². The summed E-state index contributed by atoms with van der Waals surface area (Å²) < 4.78 is 0. The standard InChI is InChI=1S/C27H56/c1-5-8-10-11-12-13-14-15-16-17-18-19-20-21-22-23-24-26-27(4,7-3)25-9-6-2/h5-26H2,1-4H3. The van der Waals surface area contributed by atoms with Gasteiger partial charge in [0, 0.05) is 0 Å². The molecule has 1 atom stereocenters. The van der Waals surface area contributed by atoms with Gasteiger partial charge in [-0.25, -0.2) is 0 Å². The Kier molecular flexibility index (Phi) is 20.7. The monoisotopic (exact) mass is 380 g/mol. The molecule has 0 saturated heterocycles. The summed E-state index contributed by atoms with van der Waals surface area (Å²) in [6, 6.07) is 0. The van der Waals surface area contributed by atoms with Gasteiger partial charge in [0.2, 0.25) is 0 Å². The second-order valence-electron chi connectivity index (χ2n) is 9.67. The van der Waals surface area contributed by atoms with E-state index in [9.17, 15) is 0 Å². The van der Waals surface area contributed by atoms with Crippen molar-refractivity contribution in [2.24, 2.45) is 5.41 Å². The first-order valence-electron chi connectivity index (χ1n) is 13.2. The van der Waals surface area contributed by atoms with Crippen molar-refractivity contribution in [2.45, 2.75) is 169 Å². The van der Waals surface area contributed by atoms with Gasteiger partial charge >= 0.3 is 0 Å². The summed E-state index contributed by atoms with van der Waals surface area (Å²) in [5.74, 6) is 0. The van der Waals surface area contributed by atoms with E-state index in [1.807, 2.05) is 0 Å². The summed E-state index contributed by atoms with van der Waals surface area (Å²) in [6.07, 6.45) is 32.1. The zero-order valence-corrected chi connectivity index (χ0v) is 20.1. The van der Waals surface area contributed by atoms with Crippen LogP contribution in [0.4, 0.5) is 0 Å². The molecule has 0 aromatic heterocycles. The van der Waals surface area contributed by atoms with Crippen LogP contribution < -0.4 is 0 Å². The number of hydrogen-bond acceptors (Lipinski definition) is 0. The van der Waals surface area contributed by atoms with Gasteiger partial charge in [0.1, 0.15) is 0 Å². The Bertz CT molecular complexity index is 269. The molecule has 0 aliphatic heterocycles. The van der Waals surface area contributed by atoms with Crippen molar-refractivity contribution < 1.29 is 0 Å². The molecule has 0 amide bonds. The third-order valence-corrected chi connectivity index (χ3v) is 6.87. The highest BCUT2D eigenvalue weighted by Crippen LogP contribution is 2.34. The third kappa shape index (κ3) is 19.1. The van der Waals surface area contributed by atoms with Crippen LogP contribution in [0, 0.1) is 5.41 Å². The van der Waals surface area contributed by atoms with E-state index in [-0.39, 0.29) is 0 Å². The first-order valence-corrected chi connectivity index (χ1v) is 13.2. The molecule has 0 rings (SSSR count). The topological polar surface area (TPSA) is 0 Å². The van der Waals surface area contributed by atoms with Crippen LogP contribution in [-0.4, -0.2) is 0 Å². The van der Waals surface area contributed by atoms with Gasteiger partial charge in [0.15, 0.2) is 0 Å². The molecule has 0 N–H and O–H groups in total. The molecular formula is C27H56. The average molecular weight is 381 g/mol. The molecule has 0 aliphatic rings. The Morgan fingerprint density at radius 3 is 1.00 bits per heavy atom. The van der Waals surface area contributed by atoms with E-state index >= 15 is 0 Å². The molecule has 0 fully saturated rings. The SMILES string of the molecule is CCCCCCCCCCCCCCCCCCCC(C)(CC)CCCC. The average Bonchev–Trinajstić information content (AvgIpc) is 2.68. The maximum absolute atomic E-state index is 2.52. The molecule has 0 aliphatic carbocycles. The molecule has 1 unspecified atom stereocenters. The van der Waals surface area contributed by atoms with Crippen LogP contribution in [-0.2, 0) is 0 Å². The van der Waals surface area contributed by atoms with Crippen LogP contribution in [0.5, 0.6) is 0 Å². The molecule has 0 saturated carbocycles. The van der Waals surface area contributed by atoms with Gasteiger partial charge in [-0.15, -0.1) is 0 Å². The molecule has 0 bridgehead atoms. The number of rotatable bonds is 22.